The lowest BCUT2D eigenvalue weighted by molar-refractivity contribution is 0.0697. The molecule has 0 amide bonds. The Morgan fingerprint density at radius 1 is 1.29 bits per heavy atom. The van der Waals surface area contributed by atoms with Crippen LogP contribution in [0.3, 0.4) is 0 Å². The number of hydrogen-bond donors (Lipinski definition) is 1. The van der Waals surface area contributed by atoms with E-state index in [-0.39, 0.29) is 28.9 Å². The fourth-order valence-electron chi connectivity index (χ4n) is 2.27. The Bertz CT molecular complexity index is 779. The van der Waals surface area contributed by atoms with Crippen LogP contribution in [0.25, 0.3) is 11.5 Å². The molecule has 0 saturated carbocycles. The van der Waals surface area contributed by atoms with Crippen molar-refractivity contribution in [1.82, 2.24) is 10.1 Å². The van der Waals surface area contributed by atoms with E-state index in [4.69, 9.17) is 9.63 Å². The highest BCUT2D eigenvalue weighted by Gasteiger charge is 2.32. The van der Waals surface area contributed by atoms with E-state index in [0.717, 1.165) is 0 Å². The summed E-state index contributed by atoms with van der Waals surface area (Å²) in [4.78, 5) is 15.0. The highest BCUT2D eigenvalue weighted by molar-refractivity contribution is 7.91. The first kappa shape index (κ1) is 13.7. The van der Waals surface area contributed by atoms with Gasteiger partial charge in [0.25, 0.3) is 5.89 Å². The summed E-state index contributed by atoms with van der Waals surface area (Å²) >= 11 is 0. The number of sulfone groups is 1. The van der Waals surface area contributed by atoms with Crippen molar-refractivity contribution in [1.29, 1.82) is 0 Å². The second-order valence-corrected chi connectivity index (χ2v) is 7.17. The zero-order valence-electron chi connectivity index (χ0n) is 10.9. The number of nitrogens with zero attached hydrogens (tertiary/aromatic N) is 2. The van der Waals surface area contributed by atoms with Crippen molar-refractivity contribution in [3.05, 3.63) is 35.7 Å². The van der Waals surface area contributed by atoms with Gasteiger partial charge in [-0.15, -0.1) is 0 Å². The number of carboxylic acid groups (broad SMARTS) is 1. The molecule has 8 heteroatoms. The molecule has 1 aliphatic heterocycles. The molecule has 1 aromatic carbocycles. The third-order valence-corrected chi connectivity index (χ3v) is 5.19. The highest BCUT2D eigenvalue weighted by Crippen LogP contribution is 2.28. The van der Waals surface area contributed by atoms with Gasteiger partial charge in [-0.3, -0.25) is 0 Å². The Hall–Kier alpha value is -2.22. The second kappa shape index (κ2) is 4.96. The third-order valence-electron chi connectivity index (χ3n) is 3.42. The average molecular weight is 308 g/mol. The lowest BCUT2D eigenvalue weighted by Crippen LogP contribution is -2.05. The molecule has 7 nitrogen and oxygen atoms in total. The van der Waals surface area contributed by atoms with E-state index in [2.05, 4.69) is 10.1 Å². The van der Waals surface area contributed by atoms with Gasteiger partial charge in [0.05, 0.1) is 17.1 Å². The number of aromatic carboxylic acids is 1. The summed E-state index contributed by atoms with van der Waals surface area (Å²) in [6, 6.07) is 6.04. The fourth-order valence-corrected chi connectivity index (χ4v) is 4.01. The first-order valence-electron chi connectivity index (χ1n) is 6.32. The molecule has 1 fully saturated rings. The molecule has 1 unspecified atom stereocenters. The number of aromatic nitrogens is 2. The van der Waals surface area contributed by atoms with Crippen LogP contribution in [0.2, 0.25) is 0 Å². The SMILES string of the molecule is O=C(O)c1ccc(-c2nc(C3CCS(=O)(=O)C3)no2)cc1. The van der Waals surface area contributed by atoms with Gasteiger partial charge in [0.2, 0.25) is 0 Å². The number of benzene rings is 1. The monoisotopic (exact) mass is 308 g/mol. The van der Waals surface area contributed by atoms with E-state index < -0.39 is 15.8 Å². The van der Waals surface area contributed by atoms with E-state index in [9.17, 15) is 13.2 Å². The van der Waals surface area contributed by atoms with Crippen LogP contribution in [0.15, 0.2) is 28.8 Å². The highest BCUT2D eigenvalue weighted by atomic mass is 32.2. The summed E-state index contributed by atoms with van der Waals surface area (Å²) in [5, 5.41) is 12.7. The molecule has 1 saturated heterocycles. The maximum Gasteiger partial charge on any atom is 0.335 e. The minimum absolute atomic E-state index is 0.0456. The Labute approximate surface area is 120 Å². The van der Waals surface area contributed by atoms with Crippen molar-refractivity contribution in [3.8, 4) is 11.5 Å². The van der Waals surface area contributed by atoms with Gasteiger partial charge in [-0.1, -0.05) is 5.16 Å². The first-order chi connectivity index (χ1) is 9.94. The topological polar surface area (TPSA) is 110 Å². The summed E-state index contributed by atoms with van der Waals surface area (Å²) in [6.07, 6.45) is 0.499. The largest absolute Gasteiger partial charge is 0.478 e. The van der Waals surface area contributed by atoms with Gasteiger partial charge in [0, 0.05) is 11.5 Å². The summed E-state index contributed by atoms with van der Waals surface area (Å²) in [5.41, 5.74) is 0.764. The Kier molecular flexibility index (Phi) is 3.25. The number of rotatable bonds is 3. The smallest absolute Gasteiger partial charge is 0.335 e. The van der Waals surface area contributed by atoms with Gasteiger partial charge < -0.3 is 9.63 Å². The Morgan fingerprint density at radius 3 is 2.57 bits per heavy atom. The molecule has 1 N–H and O–H groups in total. The standard InChI is InChI=1S/C13H12N2O5S/c16-13(17)9-3-1-8(2-4-9)12-14-11(15-20-12)10-5-6-21(18,19)7-10/h1-4,10H,5-7H2,(H,16,17). The van der Waals surface area contributed by atoms with Gasteiger partial charge in [-0.2, -0.15) is 4.98 Å². The molecule has 21 heavy (non-hydrogen) atoms. The number of carboxylic acids is 1. The number of hydrogen-bond acceptors (Lipinski definition) is 6. The van der Waals surface area contributed by atoms with Gasteiger partial charge in [-0.05, 0) is 30.7 Å². The predicted molar refractivity (Wildman–Crippen MR) is 72.7 cm³/mol. The molecule has 0 spiro atoms. The second-order valence-electron chi connectivity index (χ2n) is 4.94. The summed E-state index contributed by atoms with van der Waals surface area (Å²) < 4.78 is 28.0. The van der Waals surface area contributed by atoms with Crippen LogP contribution in [0.5, 0.6) is 0 Å². The van der Waals surface area contributed by atoms with Gasteiger partial charge in [-0.25, -0.2) is 13.2 Å². The zero-order valence-corrected chi connectivity index (χ0v) is 11.7. The van der Waals surface area contributed by atoms with E-state index in [0.29, 0.717) is 17.8 Å². The minimum atomic E-state index is -3.00. The molecule has 2 aromatic rings. The fraction of sp³-hybridized carbons (Fsp3) is 0.308. The molecule has 0 radical (unpaired) electrons. The molecular weight excluding hydrogens is 296 g/mol. The average Bonchev–Trinajstić information content (AvgIpc) is 3.05. The molecule has 1 atom stereocenters. The van der Waals surface area contributed by atoms with E-state index in [1.54, 1.807) is 12.1 Å². The van der Waals surface area contributed by atoms with Crippen molar-refractivity contribution in [2.24, 2.45) is 0 Å². The predicted octanol–water partition coefficient (Wildman–Crippen LogP) is 1.34. The van der Waals surface area contributed by atoms with Crippen LogP contribution >= 0.6 is 0 Å². The lowest BCUT2D eigenvalue weighted by Gasteiger charge is -1.98. The van der Waals surface area contributed by atoms with Crippen LogP contribution in [0.1, 0.15) is 28.5 Å². The minimum Gasteiger partial charge on any atom is -0.478 e. The van der Waals surface area contributed by atoms with Gasteiger partial charge in [0.1, 0.15) is 0 Å². The molecule has 2 heterocycles. The summed E-state index contributed by atoms with van der Waals surface area (Å²) in [6.45, 7) is 0. The molecule has 1 aromatic heterocycles. The number of carbonyl (C=O) groups is 1. The van der Waals surface area contributed by atoms with Gasteiger partial charge in [0.15, 0.2) is 15.7 Å². The van der Waals surface area contributed by atoms with Crippen LogP contribution < -0.4 is 0 Å². The molecule has 3 rings (SSSR count). The van der Waals surface area contributed by atoms with Crippen molar-refractivity contribution in [3.63, 3.8) is 0 Å². The van der Waals surface area contributed by atoms with E-state index in [1.165, 1.54) is 12.1 Å². The maximum absolute atomic E-state index is 11.5. The first-order valence-corrected chi connectivity index (χ1v) is 8.14. The van der Waals surface area contributed by atoms with Crippen molar-refractivity contribution >= 4 is 15.8 Å². The quantitative estimate of drug-likeness (QED) is 0.910. The molecule has 110 valence electrons. The summed E-state index contributed by atoms with van der Waals surface area (Å²) in [7, 11) is -3.00. The van der Waals surface area contributed by atoms with Crippen LogP contribution in [-0.4, -0.2) is 41.1 Å². The van der Waals surface area contributed by atoms with Crippen molar-refractivity contribution in [2.75, 3.05) is 11.5 Å². The van der Waals surface area contributed by atoms with Crippen molar-refractivity contribution in [2.45, 2.75) is 12.3 Å². The third kappa shape index (κ3) is 2.80. The normalized spacial score (nSPS) is 20.5. The van der Waals surface area contributed by atoms with Crippen molar-refractivity contribution < 1.29 is 22.8 Å². The van der Waals surface area contributed by atoms with Crippen LogP contribution in [0, 0.1) is 0 Å². The van der Waals surface area contributed by atoms with E-state index in [1.807, 2.05) is 0 Å². The molecule has 0 aliphatic carbocycles. The summed E-state index contributed by atoms with van der Waals surface area (Å²) in [5.74, 6) is -0.409. The van der Waals surface area contributed by atoms with Crippen LogP contribution in [-0.2, 0) is 9.84 Å². The van der Waals surface area contributed by atoms with E-state index >= 15 is 0 Å². The van der Waals surface area contributed by atoms with Crippen LogP contribution in [0.4, 0.5) is 0 Å². The Morgan fingerprint density at radius 2 is 2.00 bits per heavy atom. The Balaban J connectivity index is 1.83. The molecule has 1 aliphatic rings. The van der Waals surface area contributed by atoms with Gasteiger partial charge >= 0.3 is 5.97 Å². The zero-order chi connectivity index (χ0) is 15.0. The molecular formula is C13H12N2O5S. The lowest BCUT2D eigenvalue weighted by atomic mass is 10.1. The maximum atomic E-state index is 11.5. The molecule has 0 bridgehead atoms.